The van der Waals surface area contributed by atoms with Gasteiger partial charge in [-0.25, -0.2) is 0 Å². The van der Waals surface area contributed by atoms with Gasteiger partial charge in [-0.3, -0.25) is 10.0 Å². The van der Waals surface area contributed by atoms with Crippen LogP contribution in [0, 0.1) is 7.14 Å². The summed E-state index contributed by atoms with van der Waals surface area (Å²) in [4.78, 5) is 0. The smallest absolute Gasteiger partial charge is 0.0874 e. The summed E-state index contributed by atoms with van der Waals surface area (Å²) >= 11 is 4.55. The molecule has 0 saturated carbocycles. The lowest BCUT2D eigenvalue weighted by Gasteiger charge is -2.29. The molecule has 2 aromatic carbocycles. The van der Waals surface area contributed by atoms with E-state index in [2.05, 4.69) is 65.9 Å². The third-order valence-corrected chi connectivity index (χ3v) is 4.90. The Morgan fingerprint density at radius 3 is 1.25 bits per heavy atom. The lowest BCUT2D eigenvalue weighted by Crippen LogP contribution is -2.40. The molecule has 0 atom stereocenters. The second-order valence-corrected chi connectivity index (χ2v) is 7.73. The molecule has 3 rings (SSSR count). The van der Waals surface area contributed by atoms with E-state index in [1.54, 1.807) is 0 Å². The molecule has 0 spiro atoms. The minimum absolute atomic E-state index is 0.791. The van der Waals surface area contributed by atoms with Gasteiger partial charge in [0, 0.05) is 7.14 Å². The number of nitrogens with zero attached hydrogens (tertiary/aromatic N) is 6. The maximum absolute atomic E-state index is 4.30. The highest BCUT2D eigenvalue weighted by molar-refractivity contribution is 14.1. The molecule has 0 bridgehead atoms. The van der Waals surface area contributed by atoms with E-state index in [9.17, 15) is 0 Å². The van der Waals surface area contributed by atoms with Crippen molar-refractivity contribution in [2.75, 3.05) is 26.2 Å². The Kier molecular flexibility index (Phi) is 6.35. The topological polar surface area (TPSA) is 55.9 Å². The van der Waals surface area contributed by atoms with Crippen LogP contribution in [0.3, 0.4) is 0 Å². The Labute approximate surface area is 168 Å². The van der Waals surface area contributed by atoms with Gasteiger partial charge in [-0.05, 0) is 93.7 Å². The van der Waals surface area contributed by atoms with E-state index in [-0.39, 0.29) is 0 Å². The number of benzene rings is 2. The van der Waals surface area contributed by atoms with Crippen LogP contribution in [0.1, 0.15) is 0 Å². The summed E-state index contributed by atoms with van der Waals surface area (Å²) < 4.78 is 2.39. The van der Waals surface area contributed by atoms with Crippen LogP contribution < -0.4 is 0 Å². The first-order valence-electron chi connectivity index (χ1n) is 7.53. The van der Waals surface area contributed by atoms with Gasteiger partial charge < -0.3 is 0 Å². The molecule has 24 heavy (non-hydrogen) atoms. The van der Waals surface area contributed by atoms with Gasteiger partial charge in [0.05, 0.1) is 37.6 Å². The number of hydrogen-bond donors (Lipinski definition) is 0. The van der Waals surface area contributed by atoms with Crippen LogP contribution >= 0.6 is 45.2 Å². The molecular weight excluding hydrogens is 530 g/mol. The van der Waals surface area contributed by atoms with Gasteiger partial charge >= 0.3 is 0 Å². The van der Waals surface area contributed by atoms with E-state index >= 15 is 0 Å². The zero-order chi connectivity index (χ0) is 16.8. The summed E-state index contributed by atoms with van der Waals surface area (Å²) in [5.41, 5.74) is 1.74. The lowest BCUT2D eigenvalue weighted by atomic mass is 10.3. The highest BCUT2D eigenvalue weighted by Crippen LogP contribution is 2.17. The first kappa shape index (κ1) is 17.5. The highest BCUT2D eigenvalue weighted by Gasteiger charge is 2.14. The predicted molar refractivity (Wildman–Crippen MR) is 110 cm³/mol. The highest BCUT2D eigenvalue weighted by atomic mass is 127. The predicted octanol–water partition coefficient (Wildman–Crippen LogP) is 5.21. The fraction of sp³-hybridized carbons (Fsp3) is 0.250. The zero-order valence-electron chi connectivity index (χ0n) is 12.9. The fourth-order valence-corrected chi connectivity index (χ4v) is 2.83. The Balaban J connectivity index is 1.48. The third kappa shape index (κ3) is 5.36. The molecule has 0 unspecified atom stereocenters. The van der Waals surface area contributed by atoms with Crippen molar-refractivity contribution in [1.82, 2.24) is 10.0 Å². The van der Waals surface area contributed by atoms with Crippen LogP contribution in [-0.2, 0) is 0 Å². The molecule has 0 aromatic heterocycles. The van der Waals surface area contributed by atoms with Crippen LogP contribution in [0.25, 0.3) is 0 Å². The van der Waals surface area contributed by atoms with Crippen molar-refractivity contribution < 1.29 is 0 Å². The molecule has 6 nitrogen and oxygen atoms in total. The summed E-state index contributed by atoms with van der Waals surface area (Å²) in [6.07, 6.45) is 0. The van der Waals surface area contributed by atoms with Gasteiger partial charge in [0.1, 0.15) is 0 Å². The average Bonchev–Trinajstić information content (AvgIpc) is 2.62. The quantitative estimate of drug-likeness (QED) is 0.391. The first-order valence-corrected chi connectivity index (χ1v) is 9.69. The monoisotopic (exact) mass is 546 g/mol. The molecule has 0 aliphatic carbocycles. The summed E-state index contributed by atoms with van der Waals surface area (Å²) in [6.45, 7) is 3.16. The van der Waals surface area contributed by atoms with Gasteiger partial charge in [-0.1, -0.05) is 10.4 Å². The molecule has 1 fully saturated rings. The van der Waals surface area contributed by atoms with E-state index < -0.39 is 0 Å². The molecule has 1 heterocycles. The molecule has 0 N–H and O–H groups in total. The number of hydrogen-bond acceptors (Lipinski definition) is 4. The van der Waals surface area contributed by atoms with Crippen LogP contribution in [0.15, 0.2) is 69.2 Å². The largest absolute Gasteiger partial charge is 0.275 e. The van der Waals surface area contributed by atoms with E-state index in [0.717, 1.165) is 37.6 Å². The summed E-state index contributed by atoms with van der Waals surface area (Å²) in [5, 5.41) is 21.1. The number of halogens is 2. The van der Waals surface area contributed by atoms with Gasteiger partial charge in [0.2, 0.25) is 0 Å². The minimum atomic E-state index is 0.791. The van der Waals surface area contributed by atoms with Crippen molar-refractivity contribution in [3.63, 3.8) is 0 Å². The zero-order valence-corrected chi connectivity index (χ0v) is 17.2. The summed E-state index contributed by atoms with van der Waals surface area (Å²) in [7, 11) is 0. The lowest BCUT2D eigenvalue weighted by molar-refractivity contribution is 0.126. The molecule has 8 heteroatoms. The van der Waals surface area contributed by atoms with Crippen molar-refractivity contribution in [1.29, 1.82) is 0 Å². The second-order valence-electron chi connectivity index (χ2n) is 5.24. The van der Waals surface area contributed by atoms with E-state index in [1.807, 2.05) is 58.5 Å². The van der Waals surface area contributed by atoms with Crippen LogP contribution in [0.2, 0.25) is 0 Å². The summed E-state index contributed by atoms with van der Waals surface area (Å²) in [5.74, 6) is 0. The average molecular weight is 546 g/mol. The maximum Gasteiger partial charge on any atom is 0.0874 e. The van der Waals surface area contributed by atoms with Crippen molar-refractivity contribution in [3.05, 3.63) is 55.7 Å². The summed E-state index contributed by atoms with van der Waals surface area (Å²) in [6, 6.07) is 16.0. The fourth-order valence-electron chi connectivity index (χ4n) is 2.11. The Morgan fingerprint density at radius 2 is 0.917 bits per heavy atom. The molecule has 0 radical (unpaired) electrons. The van der Waals surface area contributed by atoms with Crippen LogP contribution in [0.4, 0.5) is 11.4 Å². The van der Waals surface area contributed by atoms with Gasteiger partial charge in [-0.15, -0.1) is 10.2 Å². The Bertz CT molecular complexity index is 643. The van der Waals surface area contributed by atoms with Crippen molar-refractivity contribution in [2.45, 2.75) is 0 Å². The van der Waals surface area contributed by atoms with Crippen molar-refractivity contribution in [3.8, 4) is 0 Å². The van der Waals surface area contributed by atoms with E-state index in [0.29, 0.717) is 0 Å². The third-order valence-electron chi connectivity index (χ3n) is 3.46. The molecule has 2 aromatic rings. The molecule has 1 aliphatic rings. The molecule has 1 aliphatic heterocycles. The van der Waals surface area contributed by atoms with Gasteiger partial charge in [0.15, 0.2) is 0 Å². The van der Waals surface area contributed by atoms with Gasteiger partial charge in [-0.2, -0.15) is 0 Å². The Morgan fingerprint density at radius 1 is 0.583 bits per heavy atom. The van der Waals surface area contributed by atoms with Crippen LogP contribution in [-0.4, -0.2) is 36.2 Å². The van der Waals surface area contributed by atoms with Crippen molar-refractivity contribution >= 4 is 56.6 Å². The van der Waals surface area contributed by atoms with Crippen LogP contribution in [0.5, 0.6) is 0 Å². The molecule has 0 amide bonds. The second kappa shape index (κ2) is 8.70. The van der Waals surface area contributed by atoms with Crippen molar-refractivity contribution in [2.24, 2.45) is 20.7 Å². The number of piperazine rings is 1. The molecule has 1 saturated heterocycles. The number of rotatable bonds is 4. The molecular formula is C16H16I2N6. The Hall–Kier alpha value is -1.30. The first-order chi connectivity index (χ1) is 11.7. The SMILES string of the molecule is Ic1ccc(N=NN2CCN(N=Nc3ccc(I)cc3)CC2)cc1. The molecule has 124 valence electrons. The van der Waals surface area contributed by atoms with E-state index in [4.69, 9.17) is 0 Å². The minimum Gasteiger partial charge on any atom is -0.275 e. The van der Waals surface area contributed by atoms with E-state index in [1.165, 1.54) is 7.14 Å². The standard InChI is InChI=1S/C16H16I2N6/c17-13-1-5-15(6-2-13)19-21-23-9-11-24(12-10-23)22-20-16-7-3-14(18)4-8-16/h1-8H,9-12H2. The van der Waals surface area contributed by atoms with Gasteiger partial charge in [0.25, 0.3) is 0 Å². The maximum atomic E-state index is 4.30. The normalized spacial score (nSPS) is 15.6.